The smallest absolute Gasteiger partial charge is 0.0267 e. The molecule has 0 saturated heterocycles. The summed E-state index contributed by atoms with van der Waals surface area (Å²) in [6.45, 7) is 1.99. The van der Waals surface area contributed by atoms with Crippen LogP contribution in [0, 0.1) is 0 Å². The van der Waals surface area contributed by atoms with Gasteiger partial charge in [-0.15, -0.1) is 0 Å². The number of hydrogen-bond acceptors (Lipinski definition) is 2. The molecule has 0 N–H and O–H groups in total. The molecule has 50 valence electrons. The van der Waals surface area contributed by atoms with Crippen LogP contribution < -0.4 is 0 Å². The van der Waals surface area contributed by atoms with Crippen LogP contribution in [0.3, 0.4) is 0 Å². The molecule has 0 aromatic carbocycles. The molecule has 0 amide bonds. The van der Waals surface area contributed by atoms with Crippen molar-refractivity contribution in [1.29, 1.82) is 0 Å². The van der Waals surface area contributed by atoms with Gasteiger partial charge in [-0.3, -0.25) is 4.98 Å². The molecule has 0 radical (unpaired) electrons. The van der Waals surface area contributed by atoms with E-state index >= 15 is 0 Å². The quantitative estimate of drug-likeness (QED) is 0.545. The van der Waals surface area contributed by atoms with Gasteiger partial charge in [0.25, 0.3) is 0 Å². The van der Waals surface area contributed by atoms with Gasteiger partial charge in [-0.25, -0.2) is 0 Å². The van der Waals surface area contributed by atoms with E-state index in [2.05, 4.69) is 17.6 Å². The minimum atomic E-state index is 0.944. The van der Waals surface area contributed by atoms with Gasteiger partial charge in [0.05, 0.1) is 0 Å². The van der Waals surface area contributed by atoms with Crippen LogP contribution >= 0.6 is 12.6 Å². The number of hydrogen-bond donors (Lipinski definition) is 1. The van der Waals surface area contributed by atoms with E-state index in [9.17, 15) is 0 Å². The van der Waals surface area contributed by atoms with E-state index in [4.69, 9.17) is 0 Å². The Morgan fingerprint density at radius 1 is 1.22 bits per heavy atom. The zero-order chi connectivity index (χ0) is 6.95. The van der Waals surface area contributed by atoms with Gasteiger partial charge in [-0.1, -0.05) is 13.0 Å². The summed E-state index contributed by atoms with van der Waals surface area (Å²) in [7, 11) is 0. The highest BCUT2D eigenvalue weighted by Gasteiger charge is 1.58. The van der Waals surface area contributed by atoms with Crippen molar-refractivity contribution in [3.63, 3.8) is 0 Å². The predicted molar refractivity (Wildman–Crippen MR) is 43.8 cm³/mol. The average Bonchev–Trinajstić information content (AvgIpc) is 1.93. The lowest BCUT2D eigenvalue weighted by atomic mass is 10.5. The highest BCUT2D eigenvalue weighted by molar-refractivity contribution is 7.80. The molecule has 0 unspecified atom stereocenters. The van der Waals surface area contributed by atoms with Gasteiger partial charge in [-0.05, 0) is 17.9 Å². The van der Waals surface area contributed by atoms with Gasteiger partial charge in [0, 0.05) is 12.4 Å². The van der Waals surface area contributed by atoms with Gasteiger partial charge in [-0.2, -0.15) is 12.6 Å². The molecule has 1 aromatic rings. The van der Waals surface area contributed by atoms with Crippen LogP contribution in [0.1, 0.15) is 6.92 Å². The molecule has 0 aliphatic carbocycles. The van der Waals surface area contributed by atoms with Crippen LogP contribution in [0.15, 0.2) is 30.6 Å². The summed E-state index contributed by atoms with van der Waals surface area (Å²) >= 11 is 3.79. The molecule has 1 heterocycles. The molecular formula is C7H11NS. The van der Waals surface area contributed by atoms with Crippen molar-refractivity contribution in [1.82, 2.24) is 4.98 Å². The number of rotatable bonds is 0. The van der Waals surface area contributed by atoms with E-state index in [1.165, 1.54) is 0 Å². The first-order chi connectivity index (χ1) is 4.41. The van der Waals surface area contributed by atoms with Crippen LogP contribution in [0.5, 0.6) is 0 Å². The minimum Gasteiger partial charge on any atom is -0.265 e. The van der Waals surface area contributed by atoms with E-state index < -0.39 is 0 Å². The molecule has 1 rings (SSSR count). The lowest BCUT2D eigenvalue weighted by Gasteiger charge is -1.70. The summed E-state index contributed by atoms with van der Waals surface area (Å²) < 4.78 is 0. The summed E-state index contributed by atoms with van der Waals surface area (Å²) in [6, 6.07) is 5.72. The summed E-state index contributed by atoms with van der Waals surface area (Å²) in [6.07, 6.45) is 3.50. The molecule has 1 nitrogen and oxygen atoms in total. The van der Waals surface area contributed by atoms with Crippen molar-refractivity contribution in [2.45, 2.75) is 6.92 Å². The van der Waals surface area contributed by atoms with Crippen LogP contribution in [0.2, 0.25) is 0 Å². The Labute approximate surface area is 61.5 Å². The Hall–Kier alpha value is -0.500. The van der Waals surface area contributed by atoms with Gasteiger partial charge in [0.1, 0.15) is 0 Å². The van der Waals surface area contributed by atoms with Crippen LogP contribution in [0.25, 0.3) is 0 Å². The molecule has 0 fully saturated rings. The second-order valence-electron chi connectivity index (χ2n) is 1.34. The van der Waals surface area contributed by atoms with E-state index in [1.54, 1.807) is 12.4 Å². The van der Waals surface area contributed by atoms with Crippen molar-refractivity contribution in [2.75, 3.05) is 5.75 Å². The molecule has 0 saturated carbocycles. The van der Waals surface area contributed by atoms with E-state index in [0.717, 1.165) is 5.75 Å². The number of pyridine rings is 1. The maximum absolute atomic E-state index is 3.79. The lowest BCUT2D eigenvalue weighted by molar-refractivity contribution is 1.33. The molecular weight excluding hydrogens is 130 g/mol. The zero-order valence-corrected chi connectivity index (χ0v) is 6.38. The highest BCUT2D eigenvalue weighted by atomic mass is 32.1. The summed E-state index contributed by atoms with van der Waals surface area (Å²) in [5, 5.41) is 0. The molecule has 9 heavy (non-hydrogen) atoms. The molecule has 0 bridgehead atoms. The second-order valence-corrected chi connectivity index (χ2v) is 1.97. The Bertz CT molecular complexity index is 91.8. The SMILES string of the molecule is CCS.c1ccncc1. The fourth-order valence-electron chi connectivity index (χ4n) is 0.313. The fourth-order valence-corrected chi connectivity index (χ4v) is 0.313. The molecule has 0 aliphatic rings. The maximum atomic E-state index is 3.79. The first-order valence-corrected chi connectivity index (χ1v) is 3.51. The summed E-state index contributed by atoms with van der Waals surface area (Å²) in [5.41, 5.74) is 0. The van der Waals surface area contributed by atoms with Crippen LogP contribution in [-0.2, 0) is 0 Å². The van der Waals surface area contributed by atoms with Gasteiger partial charge >= 0.3 is 0 Å². The summed E-state index contributed by atoms with van der Waals surface area (Å²) in [5.74, 6) is 0.944. The average molecular weight is 141 g/mol. The van der Waals surface area contributed by atoms with Gasteiger partial charge in [0.15, 0.2) is 0 Å². The third-order valence-electron chi connectivity index (χ3n) is 0.566. The monoisotopic (exact) mass is 141 g/mol. The third kappa shape index (κ3) is 7.50. The normalized spacial score (nSPS) is 7.33. The van der Waals surface area contributed by atoms with Crippen molar-refractivity contribution in [3.8, 4) is 0 Å². The van der Waals surface area contributed by atoms with Crippen LogP contribution in [-0.4, -0.2) is 10.7 Å². The molecule has 0 atom stereocenters. The van der Waals surface area contributed by atoms with E-state index in [1.807, 2.05) is 25.1 Å². The van der Waals surface area contributed by atoms with Crippen molar-refractivity contribution >= 4 is 12.6 Å². The van der Waals surface area contributed by atoms with Gasteiger partial charge < -0.3 is 0 Å². The molecule has 2 heteroatoms. The topological polar surface area (TPSA) is 12.9 Å². The summed E-state index contributed by atoms with van der Waals surface area (Å²) in [4.78, 5) is 3.78. The van der Waals surface area contributed by atoms with Gasteiger partial charge in [0.2, 0.25) is 0 Å². The van der Waals surface area contributed by atoms with E-state index in [-0.39, 0.29) is 0 Å². The first-order valence-electron chi connectivity index (χ1n) is 2.87. The molecule has 0 spiro atoms. The number of thiol groups is 1. The maximum Gasteiger partial charge on any atom is 0.0267 e. The molecule has 1 aromatic heterocycles. The standard InChI is InChI=1S/C5H5N.C2H6S/c1-2-4-6-5-3-1;1-2-3/h1-5H;3H,2H2,1H3. The van der Waals surface area contributed by atoms with Crippen molar-refractivity contribution in [3.05, 3.63) is 30.6 Å². The highest BCUT2D eigenvalue weighted by Crippen LogP contribution is 1.73. The predicted octanol–water partition coefficient (Wildman–Crippen LogP) is 2.02. The largest absolute Gasteiger partial charge is 0.265 e. The minimum absolute atomic E-state index is 0.944. The Balaban J connectivity index is 0.000000187. The Morgan fingerprint density at radius 3 is 1.78 bits per heavy atom. The Morgan fingerprint density at radius 2 is 1.67 bits per heavy atom. The third-order valence-corrected chi connectivity index (χ3v) is 0.566. The van der Waals surface area contributed by atoms with Crippen LogP contribution in [0.4, 0.5) is 0 Å². The number of aromatic nitrogens is 1. The first kappa shape index (κ1) is 8.50. The van der Waals surface area contributed by atoms with E-state index in [0.29, 0.717) is 0 Å². The number of nitrogens with zero attached hydrogens (tertiary/aromatic N) is 1. The zero-order valence-electron chi connectivity index (χ0n) is 5.49. The fraction of sp³-hybridized carbons (Fsp3) is 0.286. The Kier molecular flexibility index (Phi) is 7.08. The van der Waals surface area contributed by atoms with Crippen molar-refractivity contribution in [2.24, 2.45) is 0 Å². The molecule has 0 aliphatic heterocycles. The van der Waals surface area contributed by atoms with Crippen molar-refractivity contribution < 1.29 is 0 Å². The second kappa shape index (κ2) is 7.50. The lowest BCUT2D eigenvalue weighted by Crippen LogP contribution is -1.58.